The number of nitrogen functional groups attached to an aromatic ring is 1. The molecule has 0 unspecified atom stereocenters. The second kappa shape index (κ2) is 5.05. The zero-order valence-electron chi connectivity index (χ0n) is 7.93. The Morgan fingerprint density at radius 1 is 1.40 bits per heavy atom. The molecule has 2 rings (SSSR count). The summed E-state index contributed by atoms with van der Waals surface area (Å²) in [5.41, 5.74) is 7.54. The molecule has 0 spiro atoms. The highest BCUT2D eigenvalue weighted by molar-refractivity contribution is 6.30. The molecule has 1 aromatic carbocycles. The lowest BCUT2D eigenvalue weighted by Gasteiger charge is -2.02. The molecule has 2 N–H and O–H groups in total. The number of halogens is 2. The largest absolute Gasteiger partial charge is 0.399 e. The van der Waals surface area contributed by atoms with E-state index in [9.17, 15) is 0 Å². The van der Waals surface area contributed by atoms with Crippen LogP contribution in [0.4, 0.5) is 5.69 Å². The predicted molar refractivity (Wildman–Crippen MR) is 64.4 cm³/mol. The summed E-state index contributed by atoms with van der Waals surface area (Å²) in [5, 5.41) is 4.73. The smallest absolute Gasteiger partial charge is 0.0785 e. The van der Waals surface area contributed by atoms with Crippen LogP contribution in [0.15, 0.2) is 36.7 Å². The highest BCUT2D eigenvalue weighted by Crippen LogP contribution is 2.10. The van der Waals surface area contributed by atoms with E-state index in [1.54, 1.807) is 17.1 Å². The predicted octanol–water partition coefficient (Wildman–Crippen LogP) is 2.59. The van der Waals surface area contributed by atoms with Crippen molar-refractivity contribution in [3.63, 3.8) is 0 Å². The van der Waals surface area contributed by atoms with E-state index in [0.29, 0.717) is 11.6 Å². The molecule has 0 bridgehead atoms. The van der Waals surface area contributed by atoms with Crippen molar-refractivity contribution in [3.8, 4) is 0 Å². The van der Waals surface area contributed by atoms with Crippen LogP contribution in [-0.2, 0) is 6.54 Å². The van der Waals surface area contributed by atoms with Crippen molar-refractivity contribution >= 4 is 29.7 Å². The lowest BCUT2D eigenvalue weighted by Crippen LogP contribution is -2.00. The van der Waals surface area contributed by atoms with Crippen molar-refractivity contribution in [3.05, 3.63) is 47.2 Å². The first-order valence-corrected chi connectivity index (χ1v) is 4.64. The summed E-state index contributed by atoms with van der Waals surface area (Å²) in [4.78, 5) is 0. The van der Waals surface area contributed by atoms with Gasteiger partial charge in [-0.25, -0.2) is 0 Å². The molecular formula is C10H11Cl2N3. The topological polar surface area (TPSA) is 43.8 Å². The fraction of sp³-hybridized carbons (Fsp3) is 0.100. The van der Waals surface area contributed by atoms with Gasteiger partial charge in [0, 0.05) is 11.9 Å². The number of anilines is 1. The number of nitrogens with zero attached hydrogens (tertiary/aromatic N) is 2. The normalized spacial score (nSPS) is 9.67. The van der Waals surface area contributed by atoms with E-state index in [1.165, 1.54) is 0 Å². The van der Waals surface area contributed by atoms with Gasteiger partial charge in [0.1, 0.15) is 0 Å². The molecule has 0 atom stereocenters. The molecule has 0 radical (unpaired) electrons. The van der Waals surface area contributed by atoms with Crippen LogP contribution in [0.1, 0.15) is 5.56 Å². The molecular weight excluding hydrogens is 233 g/mol. The molecule has 0 aliphatic rings. The minimum absolute atomic E-state index is 0. The van der Waals surface area contributed by atoms with Gasteiger partial charge in [0.05, 0.1) is 17.8 Å². The zero-order chi connectivity index (χ0) is 9.97. The maximum absolute atomic E-state index is 5.75. The van der Waals surface area contributed by atoms with Crippen molar-refractivity contribution in [1.29, 1.82) is 0 Å². The van der Waals surface area contributed by atoms with E-state index in [4.69, 9.17) is 17.3 Å². The Morgan fingerprint density at radius 3 is 2.80 bits per heavy atom. The Bertz CT molecular complexity index is 440. The molecule has 1 aromatic heterocycles. The number of aromatic nitrogens is 2. The number of rotatable bonds is 2. The minimum atomic E-state index is 0. The molecule has 2 aromatic rings. The van der Waals surface area contributed by atoms with E-state index in [0.717, 1.165) is 11.3 Å². The Kier molecular flexibility index (Phi) is 4.00. The van der Waals surface area contributed by atoms with E-state index in [1.807, 2.05) is 24.3 Å². The van der Waals surface area contributed by atoms with E-state index in [2.05, 4.69) is 5.10 Å². The maximum atomic E-state index is 5.75. The van der Waals surface area contributed by atoms with Gasteiger partial charge < -0.3 is 5.73 Å². The summed E-state index contributed by atoms with van der Waals surface area (Å²) in [6, 6.07) is 7.72. The Balaban J connectivity index is 0.00000112. The molecule has 0 saturated carbocycles. The maximum Gasteiger partial charge on any atom is 0.0785 e. The third kappa shape index (κ3) is 3.15. The first kappa shape index (κ1) is 11.9. The van der Waals surface area contributed by atoms with Crippen molar-refractivity contribution in [1.82, 2.24) is 9.78 Å². The third-order valence-corrected chi connectivity index (χ3v) is 2.09. The second-order valence-electron chi connectivity index (χ2n) is 3.10. The van der Waals surface area contributed by atoms with Crippen LogP contribution in [0, 0.1) is 0 Å². The molecule has 1 heterocycles. The van der Waals surface area contributed by atoms with Gasteiger partial charge in [0.2, 0.25) is 0 Å². The molecule has 0 amide bonds. The van der Waals surface area contributed by atoms with Gasteiger partial charge in [-0.2, -0.15) is 5.10 Å². The van der Waals surface area contributed by atoms with Crippen molar-refractivity contribution in [2.45, 2.75) is 6.54 Å². The van der Waals surface area contributed by atoms with E-state index >= 15 is 0 Å². The molecule has 0 saturated heterocycles. The average molecular weight is 244 g/mol. The first-order valence-electron chi connectivity index (χ1n) is 4.26. The van der Waals surface area contributed by atoms with Gasteiger partial charge in [0.25, 0.3) is 0 Å². The fourth-order valence-electron chi connectivity index (χ4n) is 1.30. The van der Waals surface area contributed by atoms with Gasteiger partial charge in [-0.05, 0) is 17.7 Å². The van der Waals surface area contributed by atoms with Crippen LogP contribution in [0.3, 0.4) is 0 Å². The molecule has 80 valence electrons. The minimum Gasteiger partial charge on any atom is -0.399 e. The number of nitrogens with two attached hydrogens (primary N) is 1. The summed E-state index contributed by atoms with van der Waals surface area (Å²) >= 11 is 5.75. The quantitative estimate of drug-likeness (QED) is 0.825. The summed E-state index contributed by atoms with van der Waals surface area (Å²) in [7, 11) is 0. The van der Waals surface area contributed by atoms with E-state index < -0.39 is 0 Å². The molecule has 5 heteroatoms. The van der Waals surface area contributed by atoms with Gasteiger partial charge in [-0.1, -0.05) is 23.7 Å². The number of benzene rings is 1. The van der Waals surface area contributed by atoms with Crippen LogP contribution in [0.25, 0.3) is 0 Å². The van der Waals surface area contributed by atoms with Crippen molar-refractivity contribution in [2.24, 2.45) is 0 Å². The highest BCUT2D eigenvalue weighted by Gasteiger charge is 1.97. The van der Waals surface area contributed by atoms with Crippen LogP contribution in [-0.4, -0.2) is 9.78 Å². The van der Waals surface area contributed by atoms with E-state index in [-0.39, 0.29) is 12.4 Å². The molecule has 0 fully saturated rings. The molecule has 15 heavy (non-hydrogen) atoms. The Labute approximate surface area is 99.3 Å². The van der Waals surface area contributed by atoms with Gasteiger partial charge in [-0.3, -0.25) is 4.68 Å². The van der Waals surface area contributed by atoms with Crippen LogP contribution < -0.4 is 5.73 Å². The lowest BCUT2D eigenvalue weighted by molar-refractivity contribution is 0.687. The average Bonchev–Trinajstić information content (AvgIpc) is 2.51. The lowest BCUT2D eigenvalue weighted by atomic mass is 10.2. The third-order valence-electron chi connectivity index (χ3n) is 1.90. The van der Waals surface area contributed by atoms with Gasteiger partial charge in [0.15, 0.2) is 0 Å². The number of hydrogen-bond acceptors (Lipinski definition) is 2. The summed E-state index contributed by atoms with van der Waals surface area (Å²) in [5.74, 6) is 0. The van der Waals surface area contributed by atoms with Crippen LogP contribution in [0.5, 0.6) is 0 Å². The first-order chi connectivity index (χ1) is 6.74. The molecule has 3 nitrogen and oxygen atoms in total. The second-order valence-corrected chi connectivity index (χ2v) is 3.54. The standard InChI is InChI=1S/C10H10ClN3.ClH/c11-9-5-13-14(7-9)6-8-2-1-3-10(12)4-8;/h1-5,7H,6,12H2;1H. The summed E-state index contributed by atoms with van der Waals surface area (Å²) in [6.45, 7) is 0.692. The number of hydrogen-bond donors (Lipinski definition) is 1. The van der Waals surface area contributed by atoms with Crippen LogP contribution in [0.2, 0.25) is 5.02 Å². The molecule has 0 aliphatic heterocycles. The summed E-state index contributed by atoms with van der Waals surface area (Å²) in [6.07, 6.45) is 3.40. The van der Waals surface area contributed by atoms with Crippen molar-refractivity contribution in [2.75, 3.05) is 5.73 Å². The fourth-order valence-corrected chi connectivity index (χ4v) is 1.46. The Morgan fingerprint density at radius 2 is 2.20 bits per heavy atom. The van der Waals surface area contributed by atoms with Gasteiger partial charge in [-0.15, -0.1) is 12.4 Å². The SMILES string of the molecule is Cl.Nc1cccc(Cn2cc(Cl)cn2)c1. The summed E-state index contributed by atoms with van der Waals surface area (Å²) < 4.78 is 1.77. The molecule has 0 aliphatic carbocycles. The van der Waals surface area contributed by atoms with Crippen LogP contribution >= 0.6 is 24.0 Å². The van der Waals surface area contributed by atoms with Crippen molar-refractivity contribution < 1.29 is 0 Å². The zero-order valence-corrected chi connectivity index (χ0v) is 9.50. The highest BCUT2D eigenvalue weighted by atomic mass is 35.5. The monoisotopic (exact) mass is 243 g/mol. The van der Waals surface area contributed by atoms with Gasteiger partial charge >= 0.3 is 0 Å². The Hall–Kier alpha value is -1.19.